The highest BCUT2D eigenvalue weighted by molar-refractivity contribution is 7.99. The number of carbonyl (C=O) groups is 1. The minimum absolute atomic E-state index is 0.0216. The maximum Gasteiger partial charge on any atom is 0.262 e. The minimum Gasteiger partial charge on any atom is -0.383 e. The molecule has 1 aliphatic heterocycles. The van der Waals surface area contributed by atoms with Gasteiger partial charge in [-0.1, -0.05) is 42.1 Å². The molecule has 2 aromatic carbocycles. The number of nitrogens with zero attached hydrogens (tertiary/aromatic N) is 3. The smallest absolute Gasteiger partial charge is 0.262 e. The van der Waals surface area contributed by atoms with E-state index in [1.54, 1.807) is 17.7 Å². The number of amides is 1. The molecule has 3 aromatic rings. The molecule has 0 saturated heterocycles. The molecule has 0 saturated carbocycles. The number of hydrogen-bond donors (Lipinski definition) is 0. The minimum atomic E-state index is -0.185. The lowest BCUT2D eigenvalue weighted by Crippen LogP contribution is -2.32. The zero-order valence-corrected chi connectivity index (χ0v) is 17.3. The number of aromatic nitrogens is 2. The van der Waals surface area contributed by atoms with Crippen LogP contribution in [0.15, 0.2) is 58.5 Å². The fraction of sp³-hybridized carbons (Fsp3) is 0.318. The van der Waals surface area contributed by atoms with Gasteiger partial charge in [0.15, 0.2) is 5.16 Å². The zero-order chi connectivity index (χ0) is 20.4. The van der Waals surface area contributed by atoms with Crippen molar-refractivity contribution in [2.24, 2.45) is 0 Å². The fourth-order valence-corrected chi connectivity index (χ4v) is 4.71. The van der Waals surface area contributed by atoms with E-state index < -0.39 is 0 Å². The topological polar surface area (TPSA) is 64.4 Å². The van der Waals surface area contributed by atoms with Gasteiger partial charge in [0, 0.05) is 19.3 Å². The van der Waals surface area contributed by atoms with Gasteiger partial charge in [-0.25, -0.2) is 4.98 Å². The molecule has 0 fully saturated rings. The summed E-state index contributed by atoms with van der Waals surface area (Å²) in [4.78, 5) is 32.5. The first-order chi connectivity index (χ1) is 14.1. The van der Waals surface area contributed by atoms with Crippen molar-refractivity contribution in [3.05, 3.63) is 64.4 Å². The third kappa shape index (κ3) is 3.80. The molecule has 1 aromatic heterocycles. The van der Waals surface area contributed by atoms with Crippen LogP contribution in [-0.4, -0.2) is 41.5 Å². The molecule has 0 bridgehead atoms. The standard InChI is InChI=1S/C22H23N3O3S/c1-15(13-28-2)25-21(27)17-8-4-5-9-18(17)23-22(25)29-14-20(26)24-12-11-16-7-3-6-10-19(16)24/h3-10,15H,11-14H2,1-2H3. The summed E-state index contributed by atoms with van der Waals surface area (Å²) in [7, 11) is 1.61. The number of rotatable bonds is 6. The van der Waals surface area contributed by atoms with E-state index in [9.17, 15) is 9.59 Å². The summed E-state index contributed by atoms with van der Waals surface area (Å²) in [6.07, 6.45) is 0.871. The molecule has 0 N–H and O–H groups in total. The van der Waals surface area contributed by atoms with Gasteiger partial charge >= 0.3 is 0 Å². The number of carbonyl (C=O) groups excluding carboxylic acids is 1. The molecule has 2 heterocycles. The van der Waals surface area contributed by atoms with Gasteiger partial charge in [0.25, 0.3) is 5.56 Å². The Kier molecular flexibility index (Phi) is 5.69. The predicted molar refractivity (Wildman–Crippen MR) is 116 cm³/mol. The van der Waals surface area contributed by atoms with Gasteiger partial charge < -0.3 is 9.64 Å². The van der Waals surface area contributed by atoms with Crippen LogP contribution in [-0.2, 0) is 16.0 Å². The van der Waals surface area contributed by atoms with E-state index in [1.807, 2.05) is 48.2 Å². The second-order valence-electron chi connectivity index (χ2n) is 7.10. The summed E-state index contributed by atoms with van der Waals surface area (Å²) in [5.74, 6) is 0.243. The van der Waals surface area contributed by atoms with E-state index in [1.165, 1.54) is 17.3 Å². The van der Waals surface area contributed by atoms with E-state index in [-0.39, 0.29) is 23.3 Å². The van der Waals surface area contributed by atoms with Crippen molar-refractivity contribution in [2.75, 3.05) is 30.9 Å². The Morgan fingerprint density at radius 1 is 1.21 bits per heavy atom. The Morgan fingerprint density at radius 3 is 2.79 bits per heavy atom. The summed E-state index contributed by atoms with van der Waals surface area (Å²) in [6.45, 7) is 3.00. The van der Waals surface area contributed by atoms with Gasteiger partial charge in [0.2, 0.25) is 5.91 Å². The van der Waals surface area contributed by atoms with Crippen LogP contribution >= 0.6 is 11.8 Å². The van der Waals surface area contributed by atoms with Gasteiger partial charge in [0.1, 0.15) is 0 Å². The van der Waals surface area contributed by atoms with Crippen molar-refractivity contribution in [1.29, 1.82) is 0 Å². The van der Waals surface area contributed by atoms with Crippen molar-refractivity contribution >= 4 is 34.3 Å². The molecule has 4 rings (SSSR count). The van der Waals surface area contributed by atoms with Crippen LogP contribution in [0.2, 0.25) is 0 Å². The number of benzene rings is 2. The second-order valence-corrected chi connectivity index (χ2v) is 8.05. The van der Waals surface area contributed by atoms with E-state index in [2.05, 4.69) is 11.1 Å². The van der Waals surface area contributed by atoms with Crippen LogP contribution in [0.5, 0.6) is 0 Å². The van der Waals surface area contributed by atoms with Crippen LogP contribution in [0.1, 0.15) is 18.5 Å². The van der Waals surface area contributed by atoms with Crippen LogP contribution in [0.25, 0.3) is 10.9 Å². The van der Waals surface area contributed by atoms with Crippen molar-refractivity contribution in [3.63, 3.8) is 0 Å². The first kappa shape index (κ1) is 19.7. The molecule has 1 amide bonds. The van der Waals surface area contributed by atoms with Gasteiger partial charge in [-0.3, -0.25) is 14.2 Å². The van der Waals surface area contributed by atoms with Crippen LogP contribution in [0.3, 0.4) is 0 Å². The van der Waals surface area contributed by atoms with Gasteiger partial charge in [-0.05, 0) is 37.1 Å². The average Bonchev–Trinajstić information content (AvgIpc) is 3.16. The van der Waals surface area contributed by atoms with E-state index >= 15 is 0 Å². The van der Waals surface area contributed by atoms with Gasteiger partial charge in [0.05, 0.1) is 29.3 Å². The monoisotopic (exact) mass is 409 g/mol. The third-order valence-corrected chi connectivity index (χ3v) is 6.07. The molecule has 7 heteroatoms. The molecular formula is C22H23N3O3S. The van der Waals surface area contributed by atoms with E-state index in [0.717, 1.165) is 12.1 Å². The molecular weight excluding hydrogens is 386 g/mol. The zero-order valence-electron chi connectivity index (χ0n) is 16.5. The Morgan fingerprint density at radius 2 is 1.97 bits per heavy atom. The fourth-order valence-electron chi connectivity index (χ4n) is 3.73. The molecule has 0 radical (unpaired) electrons. The van der Waals surface area contributed by atoms with Crippen LogP contribution < -0.4 is 10.5 Å². The molecule has 29 heavy (non-hydrogen) atoms. The maximum atomic E-state index is 13.1. The molecule has 0 aliphatic carbocycles. The predicted octanol–water partition coefficient (Wildman–Crippen LogP) is 3.29. The van der Waals surface area contributed by atoms with Crippen LogP contribution in [0.4, 0.5) is 5.69 Å². The number of ether oxygens (including phenoxy) is 1. The highest BCUT2D eigenvalue weighted by Crippen LogP contribution is 2.29. The average molecular weight is 410 g/mol. The SMILES string of the molecule is COCC(C)n1c(SCC(=O)N2CCc3ccccc32)nc2ccccc2c1=O. The Labute approximate surface area is 173 Å². The molecule has 150 valence electrons. The lowest BCUT2D eigenvalue weighted by Gasteiger charge is -2.20. The highest BCUT2D eigenvalue weighted by atomic mass is 32.2. The summed E-state index contributed by atoms with van der Waals surface area (Å²) in [5, 5.41) is 1.11. The first-order valence-corrected chi connectivity index (χ1v) is 10.6. The molecule has 1 unspecified atom stereocenters. The van der Waals surface area contributed by atoms with Crippen LogP contribution in [0, 0.1) is 0 Å². The molecule has 1 atom stereocenters. The Balaban J connectivity index is 1.63. The van der Waals surface area contributed by atoms with E-state index in [4.69, 9.17) is 4.74 Å². The summed E-state index contributed by atoms with van der Waals surface area (Å²) < 4.78 is 6.89. The van der Waals surface area contributed by atoms with E-state index in [0.29, 0.717) is 29.2 Å². The quantitative estimate of drug-likeness (QED) is 0.462. The number of anilines is 1. The normalized spacial score (nSPS) is 14.2. The number of methoxy groups -OCH3 is 1. The number of hydrogen-bond acceptors (Lipinski definition) is 5. The largest absolute Gasteiger partial charge is 0.383 e. The maximum absolute atomic E-state index is 13.1. The lowest BCUT2D eigenvalue weighted by molar-refractivity contribution is -0.116. The molecule has 0 spiro atoms. The second kappa shape index (κ2) is 8.39. The van der Waals surface area contributed by atoms with Gasteiger partial charge in [-0.15, -0.1) is 0 Å². The summed E-state index contributed by atoms with van der Waals surface area (Å²) in [6, 6.07) is 15.1. The first-order valence-electron chi connectivity index (χ1n) is 9.61. The Bertz CT molecular complexity index is 1110. The van der Waals surface area contributed by atoms with Crippen molar-refractivity contribution in [1.82, 2.24) is 9.55 Å². The highest BCUT2D eigenvalue weighted by Gasteiger charge is 2.25. The molecule has 6 nitrogen and oxygen atoms in total. The number of thioether (sulfide) groups is 1. The van der Waals surface area contributed by atoms with Crippen molar-refractivity contribution < 1.29 is 9.53 Å². The number of para-hydroxylation sites is 2. The summed E-state index contributed by atoms with van der Waals surface area (Å²) >= 11 is 1.30. The van der Waals surface area contributed by atoms with Crippen molar-refractivity contribution in [2.45, 2.75) is 24.5 Å². The number of fused-ring (bicyclic) bond motifs is 2. The lowest BCUT2D eigenvalue weighted by atomic mass is 10.2. The van der Waals surface area contributed by atoms with Gasteiger partial charge in [-0.2, -0.15) is 0 Å². The third-order valence-electron chi connectivity index (χ3n) is 5.14. The van der Waals surface area contributed by atoms with Crippen molar-refractivity contribution in [3.8, 4) is 0 Å². The Hall–Kier alpha value is -2.64. The molecule has 1 aliphatic rings. The summed E-state index contributed by atoms with van der Waals surface area (Å²) in [5.41, 5.74) is 2.71.